The van der Waals surface area contributed by atoms with Crippen LogP contribution in [0.2, 0.25) is 0 Å². The molecule has 0 heterocycles. The van der Waals surface area contributed by atoms with Crippen molar-refractivity contribution in [2.45, 2.75) is 79.0 Å². The molecule has 64 heavy (non-hydrogen) atoms. The zero-order valence-electron chi connectivity index (χ0n) is 38.5. The van der Waals surface area contributed by atoms with Gasteiger partial charge in [-0.15, -0.1) is 0 Å². The predicted molar refractivity (Wildman–Crippen MR) is 274 cm³/mol. The van der Waals surface area contributed by atoms with Crippen molar-refractivity contribution in [3.8, 4) is 0 Å². The molecule has 0 amide bonds. The minimum absolute atomic E-state index is 0. The first-order valence-corrected chi connectivity index (χ1v) is 24.2. The van der Waals surface area contributed by atoms with Gasteiger partial charge in [-0.25, -0.2) is 0 Å². The molecule has 0 unspecified atom stereocenters. The van der Waals surface area contributed by atoms with Gasteiger partial charge in [0.1, 0.15) is 0 Å². The summed E-state index contributed by atoms with van der Waals surface area (Å²) in [6.07, 6.45) is 0. The average molecular weight is 997 g/mol. The second-order valence-corrected chi connectivity index (χ2v) is 20.4. The average Bonchev–Trinajstić information content (AvgIpc) is 3.59. The number of benzene rings is 6. The Labute approximate surface area is 422 Å². The molecule has 0 saturated heterocycles. The van der Waals surface area contributed by atoms with Gasteiger partial charge in [0.05, 0.1) is 0 Å². The van der Waals surface area contributed by atoms with Gasteiger partial charge in [0.15, 0.2) is 0 Å². The fourth-order valence-corrected chi connectivity index (χ4v) is 12.8. The third-order valence-electron chi connectivity index (χ3n) is 11.9. The maximum Gasteiger partial charge on any atom is 0 e. The smallest absolute Gasteiger partial charge is 0 e. The molecule has 2 saturated carbocycles. The standard InChI is InChI=1S/2C18H15PS.2C10H15.2Fe.N2/c2*20-18-14-8-7-13-17(18)19(15-9-3-1-4-10-15)16-11-5-2-6-12-16;2*1-6-7(2)9(4)10(5)8(6)3;;;1-2/h2*1-14,20H;2*1-5H3;;;/p-2. The summed E-state index contributed by atoms with van der Waals surface area (Å²) >= 11 is 11.1. The molecule has 8 rings (SSSR count). The van der Waals surface area contributed by atoms with E-state index in [1.54, 1.807) is 0 Å². The van der Waals surface area contributed by atoms with Gasteiger partial charge in [-0.2, -0.15) is 9.79 Å². The topological polar surface area (TPSA) is 47.6 Å². The van der Waals surface area contributed by atoms with E-state index in [0.29, 0.717) is 0 Å². The number of hydrogen-bond donors (Lipinski definition) is 0. The van der Waals surface area contributed by atoms with Gasteiger partial charge in [0, 0.05) is 44.9 Å². The Bertz CT molecular complexity index is 1880. The Balaban J connectivity index is 0.000000300. The molecule has 10 radical (unpaired) electrons. The van der Waals surface area contributed by atoms with Gasteiger partial charge < -0.3 is 25.3 Å². The van der Waals surface area contributed by atoms with Crippen molar-refractivity contribution in [2.24, 2.45) is 0 Å². The third kappa shape index (κ3) is 15.0. The van der Waals surface area contributed by atoms with E-state index in [0.717, 1.165) is 9.79 Å². The maximum absolute atomic E-state index is 6.00. The van der Waals surface area contributed by atoms with E-state index in [9.17, 15) is 0 Å². The summed E-state index contributed by atoms with van der Waals surface area (Å²) in [5.74, 6) is 14.7. The van der Waals surface area contributed by atoms with Crippen LogP contribution in [-0.4, -0.2) is 0 Å². The zero-order valence-corrected chi connectivity index (χ0v) is 44.1. The first kappa shape index (κ1) is 57.2. The maximum atomic E-state index is 6.00. The molecular weight excluding hydrogens is 938 g/mol. The molecule has 2 fully saturated rings. The molecule has 2 aliphatic carbocycles. The molecule has 6 aromatic rings. The van der Waals surface area contributed by atoms with E-state index in [-0.39, 0.29) is 34.1 Å². The summed E-state index contributed by atoms with van der Waals surface area (Å²) < 4.78 is 0. The van der Waals surface area contributed by atoms with Crippen LogP contribution in [0.3, 0.4) is 0 Å². The molecule has 0 aromatic heterocycles. The van der Waals surface area contributed by atoms with Crippen LogP contribution < -0.4 is 31.8 Å². The van der Waals surface area contributed by atoms with Crippen molar-refractivity contribution in [2.75, 3.05) is 0 Å². The van der Waals surface area contributed by atoms with Crippen molar-refractivity contribution >= 4 is 72.9 Å². The molecule has 0 N–H and O–H groups in total. The zero-order chi connectivity index (χ0) is 45.3. The van der Waals surface area contributed by atoms with Crippen LogP contribution in [-0.2, 0) is 59.4 Å². The molecule has 0 atom stereocenters. The number of rotatable bonds is 6. The minimum Gasteiger partial charge on any atom is -0.779 e. The Hall–Kier alpha value is -2.92. The van der Waals surface area contributed by atoms with Crippen LogP contribution in [0.5, 0.6) is 0 Å². The normalized spacial score (nSPS) is 15.6. The molecule has 2 nitrogen and oxygen atoms in total. The van der Waals surface area contributed by atoms with Gasteiger partial charge in [0.25, 0.3) is 0 Å². The second kappa shape index (κ2) is 29.0. The van der Waals surface area contributed by atoms with E-state index >= 15 is 0 Å². The molecule has 0 aliphatic heterocycles. The fraction of sp³-hybridized carbons (Fsp3) is 0.179. The monoisotopic (exact) mass is 996 g/mol. The fourth-order valence-electron chi connectivity index (χ4n) is 7.26. The van der Waals surface area contributed by atoms with Crippen LogP contribution in [0.1, 0.15) is 69.2 Å². The molecule has 332 valence electrons. The van der Waals surface area contributed by atoms with Gasteiger partial charge in [-0.05, 0) is 107 Å². The molecular formula is C56H58Fe2N2P2S2-2. The quantitative estimate of drug-likeness (QED) is 0.0722. The van der Waals surface area contributed by atoms with Crippen LogP contribution in [0.25, 0.3) is 0 Å². The first-order chi connectivity index (χ1) is 29.8. The molecule has 8 heteroatoms. The van der Waals surface area contributed by atoms with Crippen molar-refractivity contribution in [3.05, 3.63) is 229 Å². The molecule has 0 bridgehead atoms. The SMILES string of the molecule is C[C]1[C](C)[C](C)[C](C)[C]1C.C[C]1[C](C)[C](C)[C](C)[C]1C.N#N.[Fe].[Fe].[S-]c1ccccc1P(c1ccccc1)c1ccccc1.[S-]c1ccccc1P(c1ccccc1)c1ccccc1. The summed E-state index contributed by atoms with van der Waals surface area (Å²) in [6.45, 7) is 22.0. The molecule has 2 aliphatic rings. The van der Waals surface area contributed by atoms with Crippen molar-refractivity contribution in [1.29, 1.82) is 10.8 Å². The summed E-state index contributed by atoms with van der Waals surface area (Å²) in [4.78, 5) is 1.90. The number of hydrogen-bond acceptors (Lipinski definition) is 4. The summed E-state index contributed by atoms with van der Waals surface area (Å²) in [7, 11) is -1.14. The van der Waals surface area contributed by atoms with Gasteiger partial charge in [-0.1, -0.05) is 239 Å². The van der Waals surface area contributed by atoms with E-state index in [1.165, 1.54) is 91.0 Å². The third-order valence-corrected chi connectivity index (χ3v) is 17.9. The van der Waals surface area contributed by atoms with Crippen molar-refractivity contribution in [3.63, 3.8) is 0 Å². The molecule has 0 spiro atoms. The van der Waals surface area contributed by atoms with E-state index < -0.39 is 15.8 Å². The first-order valence-electron chi connectivity index (χ1n) is 20.7. The minimum atomic E-state index is -0.571. The summed E-state index contributed by atoms with van der Waals surface area (Å²) in [6, 6.07) is 59.1. The van der Waals surface area contributed by atoms with Crippen molar-refractivity contribution < 1.29 is 34.1 Å². The summed E-state index contributed by atoms with van der Waals surface area (Å²) in [5.41, 5.74) is 0. The van der Waals surface area contributed by atoms with Crippen LogP contribution in [0.4, 0.5) is 0 Å². The second-order valence-electron chi connectivity index (χ2n) is 15.2. The Morgan fingerprint density at radius 2 is 0.422 bits per heavy atom. The molecule has 6 aromatic carbocycles. The Morgan fingerprint density at radius 1 is 0.266 bits per heavy atom. The van der Waals surface area contributed by atoms with Crippen molar-refractivity contribution in [1.82, 2.24) is 0 Å². The van der Waals surface area contributed by atoms with Gasteiger partial charge in [-0.3, -0.25) is 0 Å². The van der Waals surface area contributed by atoms with Gasteiger partial charge >= 0.3 is 0 Å². The Morgan fingerprint density at radius 3 is 0.594 bits per heavy atom. The van der Waals surface area contributed by atoms with E-state index in [1.807, 2.05) is 24.3 Å². The predicted octanol–water partition coefficient (Wildman–Crippen LogP) is 12.7. The number of nitrogens with zero attached hydrogens (tertiary/aromatic N) is 2. The van der Waals surface area contributed by atoms with Gasteiger partial charge in [0.2, 0.25) is 0 Å². The van der Waals surface area contributed by atoms with E-state index in [2.05, 4.69) is 215 Å². The van der Waals surface area contributed by atoms with Crippen LogP contribution >= 0.6 is 15.8 Å². The van der Waals surface area contributed by atoms with E-state index in [4.69, 9.17) is 36.0 Å². The largest absolute Gasteiger partial charge is 0.779 e. The summed E-state index contributed by atoms with van der Waals surface area (Å²) in [5, 5.41) is 19.9. The van der Waals surface area contributed by atoms with Crippen LogP contribution in [0, 0.1) is 70.0 Å². The Kier molecular flexibility index (Phi) is 25.9. The van der Waals surface area contributed by atoms with Crippen LogP contribution in [0.15, 0.2) is 180 Å².